The number of hydrogen-bond acceptors (Lipinski definition) is 6. The van der Waals surface area contributed by atoms with E-state index in [1.54, 1.807) is 6.33 Å². The number of aliphatic hydroxyl groups is 1. The fourth-order valence-corrected chi connectivity index (χ4v) is 2.01. The molecule has 0 saturated carbocycles. The molecule has 1 amide bonds. The lowest BCUT2D eigenvalue weighted by Gasteiger charge is -2.32. The Kier molecular flexibility index (Phi) is 9.05. The Labute approximate surface area is 151 Å². The molecule has 3 heterocycles. The molecule has 27 heavy (non-hydrogen) atoms. The Morgan fingerprint density at radius 1 is 1.15 bits per heavy atom. The topological polar surface area (TPSA) is 81.6 Å². The Bertz CT molecular complexity index is 573. The average Bonchev–Trinajstić information content (AvgIpc) is 2.39. The zero-order valence-corrected chi connectivity index (χ0v) is 14.1. The van der Waals surface area contributed by atoms with Gasteiger partial charge in [-0.1, -0.05) is 0 Å². The largest absolute Gasteiger partial charge is 0.519 e. The quantitative estimate of drug-likeness (QED) is 0.749. The number of aromatic nitrogens is 2. The maximum absolute atomic E-state index is 11.7. The third-order valence-corrected chi connectivity index (χ3v) is 3.46. The van der Waals surface area contributed by atoms with Crippen LogP contribution >= 0.6 is 0 Å². The lowest BCUT2D eigenvalue weighted by Crippen LogP contribution is -2.44. The lowest BCUT2D eigenvalue weighted by molar-refractivity contribution is -0.295. The van der Waals surface area contributed by atoms with Crippen molar-refractivity contribution in [2.75, 3.05) is 42.9 Å². The fraction of sp³-hybridized carbons (Fsp3) is 0.643. The van der Waals surface area contributed by atoms with Crippen molar-refractivity contribution in [2.24, 2.45) is 0 Å². The Balaban J connectivity index is 0.000000342. The molecule has 0 bridgehead atoms. The number of carbonyl (C=O) groups is 1. The number of rotatable bonds is 4. The van der Waals surface area contributed by atoms with Crippen LogP contribution < -0.4 is 10.2 Å². The number of anilines is 2. The van der Waals surface area contributed by atoms with Gasteiger partial charge in [-0.25, -0.2) is 9.97 Å². The van der Waals surface area contributed by atoms with Gasteiger partial charge >= 0.3 is 13.0 Å². The fourth-order valence-electron chi connectivity index (χ4n) is 2.01. The molecule has 2 fully saturated rings. The summed E-state index contributed by atoms with van der Waals surface area (Å²) in [6, 6.07) is 1.91. The summed E-state index contributed by atoms with van der Waals surface area (Å²) in [7, 11) is 0. The number of likely N-dealkylation sites (tertiary alicyclic amines) is 1. The van der Waals surface area contributed by atoms with E-state index >= 15 is 0 Å². The molecule has 0 radical (unpaired) electrons. The summed E-state index contributed by atoms with van der Waals surface area (Å²) >= 11 is 0. The van der Waals surface area contributed by atoms with Crippen LogP contribution in [0.5, 0.6) is 0 Å². The second-order valence-corrected chi connectivity index (χ2v) is 5.41. The zero-order chi connectivity index (χ0) is 20.4. The molecular formula is C14H19F6N5O2. The van der Waals surface area contributed by atoms with E-state index in [4.69, 9.17) is 5.11 Å². The van der Waals surface area contributed by atoms with E-state index in [9.17, 15) is 31.1 Å². The molecule has 2 aliphatic rings. The minimum Gasteiger partial charge on any atom is -0.361 e. The number of alkyl halides is 6. The normalized spacial score (nSPS) is 15.6. The highest BCUT2D eigenvalue weighted by Crippen LogP contribution is 2.19. The highest BCUT2D eigenvalue weighted by molar-refractivity contribution is 5.81. The van der Waals surface area contributed by atoms with Crippen LogP contribution in [-0.4, -0.2) is 71.6 Å². The van der Waals surface area contributed by atoms with E-state index in [0.717, 1.165) is 44.2 Å². The Hall–Kier alpha value is -2.31. The summed E-state index contributed by atoms with van der Waals surface area (Å²) in [5, 5.41) is 9.59. The maximum atomic E-state index is 11.7. The molecule has 0 spiro atoms. The molecule has 2 saturated heterocycles. The summed E-state index contributed by atoms with van der Waals surface area (Å²) in [6.07, 6.45) is -1.11. The van der Waals surface area contributed by atoms with Crippen LogP contribution in [0.2, 0.25) is 0 Å². The zero-order valence-electron chi connectivity index (χ0n) is 14.1. The third-order valence-electron chi connectivity index (χ3n) is 3.46. The monoisotopic (exact) mass is 403 g/mol. The first-order chi connectivity index (χ1) is 12.6. The molecular weight excluding hydrogens is 384 g/mol. The van der Waals surface area contributed by atoms with Gasteiger partial charge in [0.2, 0.25) is 5.91 Å². The van der Waals surface area contributed by atoms with E-state index in [1.807, 2.05) is 11.0 Å². The van der Waals surface area contributed by atoms with Crippen molar-refractivity contribution in [2.45, 2.75) is 25.9 Å². The van der Waals surface area contributed by atoms with Crippen LogP contribution in [0.15, 0.2) is 12.4 Å². The van der Waals surface area contributed by atoms with E-state index < -0.39 is 13.0 Å². The molecule has 2 aliphatic heterocycles. The number of carbonyl (C=O) groups excluding carboxylic acids is 1. The summed E-state index contributed by atoms with van der Waals surface area (Å²) in [5.41, 5.74) is 0. The van der Waals surface area contributed by atoms with Gasteiger partial charge in [0.1, 0.15) is 18.0 Å². The van der Waals surface area contributed by atoms with Crippen molar-refractivity contribution < 1.29 is 36.2 Å². The van der Waals surface area contributed by atoms with Crippen molar-refractivity contribution in [3.8, 4) is 0 Å². The van der Waals surface area contributed by atoms with Gasteiger partial charge in [0.15, 0.2) is 0 Å². The smallest absolute Gasteiger partial charge is 0.361 e. The molecule has 1 aromatic rings. The predicted octanol–water partition coefficient (Wildman–Crippen LogP) is 2.01. The average molecular weight is 403 g/mol. The number of nitrogens with zero attached hydrogens (tertiary/aromatic N) is 4. The molecule has 2 N–H and O–H groups in total. The van der Waals surface area contributed by atoms with Crippen LogP contribution in [0.4, 0.5) is 38.0 Å². The number of hydrogen-bond donors (Lipinski definition) is 2. The van der Waals surface area contributed by atoms with Crippen molar-refractivity contribution in [3.63, 3.8) is 0 Å². The lowest BCUT2D eigenvalue weighted by atomic mass is 10.2. The first-order valence-electron chi connectivity index (χ1n) is 7.86. The summed E-state index contributed by atoms with van der Waals surface area (Å²) in [4.78, 5) is 24.1. The van der Waals surface area contributed by atoms with E-state index in [1.165, 1.54) is 6.42 Å². The molecule has 0 aromatic carbocycles. The molecule has 154 valence electrons. The van der Waals surface area contributed by atoms with Crippen molar-refractivity contribution >= 4 is 17.5 Å². The van der Waals surface area contributed by atoms with Crippen LogP contribution in [0.1, 0.15) is 12.8 Å². The molecule has 1 aromatic heterocycles. The third kappa shape index (κ3) is 10.4. The maximum Gasteiger partial charge on any atom is 0.519 e. The highest BCUT2D eigenvalue weighted by Gasteiger charge is 2.21. The molecule has 0 atom stereocenters. The first kappa shape index (κ1) is 22.7. The van der Waals surface area contributed by atoms with Gasteiger partial charge in [-0.05, 0) is 12.8 Å². The predicted molar refractivity (Wildman–Crippen MR) is 83.9 cm³/mol. The molecule has 0 aliphatic carbocycles. The second-order valence-electron chi connectivity index (χ2n) is 5.41. The van der Waals surface area contributed by atoms with Crippen LogP contribution in [0.25, 0.3) is 0 Å². The number of halogens is 6. The van der Waals surface area contributed by atoms with Crippen molar-refractivity contribution in [1.82, 2.24) is 14.9 Å². The summed E-state index contributed by atoms with van der Waals surface area (Å²) in [6.45, 7) is 0.551. The summed E-state index contributed by atoms with van der Waals surface area (Å²) < 4.78 is 58.7. The van der Waals surface area contributed by atoms with Gasteiger partial charge in [-0.3, -0.25) is 4.79 Å². The van der Waals surface area contributed by atoms with Crippen LogP contribution in [0, 0.1) is 0 Å². The first-order valence-corrected chi connectivity index (χ1v) is 7.86. The van der Waals surface area contributed by atoms with Crippen LogP contribution in [-0.2, 0) is 4.79 Å². The van der Waals surface area contributed by atoms with Gasteiger partial charge in [-0.15, -0.1) is 13.2 Å². The van der Waals surface area contributed by atoms with Gasteiger partial charge in [-0.2, -0.15) is 13.2 Å². The molecule has 0 unspecified atom stereocenters. The SMILES string of the molecule is FC(F)F.O=C(CNc1cc(N2CCC2)ncn1)N1CCC1.OC(F)(F)F. The molecule has 3 rings (SSSR count). The van der Waals surface area contributed by atoms with E-state index in [0.29, 0.717) is 6.54 Å². The van der Waals surface area contributed by atoms with Crippen LogP contribution in [0.3, 0.4) is 0 Å². The Morgan fingerprint density at radius 3 is 2.07 bits per heavy atom. The molecule has 7 nitrogen and oxygen atoms in total. The standard InChI is InChI=1S/C12H17N5O.CHF3O.CHF3/c18-12(17-5-2-6-17)8-13-10-7-11(15-9-14-10)16-3-1-4-16;2-1(3,4)5;2-1(3)4/h7,9H,1-6,8H2,(H,13,14,15);5H;1H. The Morgan fingerprint density at radius 2 is 1.67 bits per heavy atom. The second kappa shape index (κ2) is 10.7. The minimum absolute atomic E-state index is 0.144. The van der Waals surface area contributed by atoms with Gasteiger partial charge in [0.25, 0.3) is 0 Å². The number of amides is 1. The van der Waals surface area contributed by atoms with E-state index in [2.05, 4.69) is 20.2 Å². The van der Waals surface area contributed by atoms with Gasteiger partial charge < -0.3 is 20.2 Å². The van der Waals surface area contributed by atoms with Gasteiger partial charge in [0, 0.05) is 32.2 Å². The number of nitrogens with one attached hydrogen (secondary N) is 1. The van der Waals surface area contributed by atoms with Gasteiger partial charge in [0.05, 0.1) is 6.54 Å². The van der Waals surface area contributed by atoms with Crippen molar-refractivity contribution in [1.29, 1.82) is 0 Å². The van der Waals surface area contributed by atoms with E-state index in [-0.39, 0.29) is 5.91 Å². The minimum atomic E-state index is -5.00. The van der Waals surface area contributed by atoms with Crippen molar-refractivity contribution in [3.05, 3.63) is 12.4 Å². The summed E-state index contributed by atoms with van der Waals surface area (Å²) in [5.74, 6) is 1.81. The highest BCUT2D eigenvalue weighted by atomic mass is 19.4. The molecule has 13 heteroatoms.